The summed E-state index contributed by atoms with van der Waals surface area (Å²) in [6, 6.07) is 18.1. The second-order valence-corrected chi connectivity index (χ2v) is 17.5. The third-order valence-corrected chi connectivity index (χ3v) is 8.92. The van der Waals surface area contributed by atoms with Crippen molar-refractivity contribution in [2.24, 2.45) is 0 Å². The Balaban J connectivity index is 2.24. The molecule has 0 amide bonds. The molecule has 0 unspecified atom stereocenters. The van der Waals surface area contributed by atoms with Gasteiger partial charge < -0.3 is 0 Å². The van der Waals surface area contributed by atoms with Gasteiger partial charge in [-0.15, -0.1) is 0 Å². The molecule has 92 valence electrons. The van der Waals surface area contributed by atoms with Gasteiger partial charge in [0.15, 0.2) is 0 Å². The van der Waals surface area contributed by atoms with E-state index in [1.54, 1.807) is 22.3 Å². The Hall–Kier alpha value is -1.02. The molecule has 0 atom stereocenters. The fourth-order valence-corrected chi connectivity index (χ4v) is 8.36. The molecule has 0 N–H and O–H groups in total. The molecule has 0 nitrogen and oxygen atoms in total. The molecule has 0 saturated carbocycles. The minimum absolute atomic E-state index is 0.700. The summed E-state index contributed by atoms with van der Waals surface area (Å²) in [7, 11) is 0. The van der Waals surface area contributed by atoms with Crippen LogP contribution in [0.2, 0.25) is 17.3 Å². The van der Waals surface area contributed by atoms with E-state index in [1.165, 1.54) is 0 Å². The van der Waals surface area contributed by atoms with Gasteiger partial charge in [-0.05, 0) is 0 Å². The first-order valence-electron chi connectivity index (χ1n) is 6.73. The van der Waals surface area contributed by atoms with Crippen LogP contribution >= 0.6 is 0 Å². The van der Waals surface area contributed by atoms with Gasteiger partial charge in [0.1, 0.15) is 0 Å². The summed E-state index contributed by atoms with van der Waals surface area (Å²) in [5.74, 6) is 7.59. The van der Waals surface area contributed by atoms with Crippen molar-refractivity contribution < 1.29 is 0 Å². The van der Waals surface area contributed by atoms with E-state index in [1.807, 2.05) is 0 Å². The van der Waals surface area contributed by atoms with E-state index in [9.17, 15) is 0 Å². The van der Waals surface area contributed by atoms with Crippen molar-refractivity contribution in [2.75, 3.05) is 0 Å². The summed E-state index contributed by atoms with van der Waals surface area (Å²) < 4.78 is 0.700. The fourth-order valence-electron chi connectivity index (χ4n) is 3.26. The SMILES string of the molecule is [CH3][Ge]([CH3])([CH3])[CH]1c2ccccc2Cc2ccccc21. The van der Waals surface area contributed by atoms with E-state index < -0.39 is 13.3 Å². The van der Waals surface area contributed by atoms with Gasteiger partial charge in [-0.2, -0.15) is 0 Å². The predicted molar refractivity (Wildman–Crippen MR) is 80.9 cm³/mol. The normalized spacial score (nSPS) is 15.1. The van der Waals surface area contributed by atoms with E-state index in [0.29, 0.717) is 4.75 Å². The van der Waals surface area contributed by atoms with Crippen LogP contribution in [-0.2, 0) is 6.42 Å². The van der Waals surface area contributed by atoms with Gasteiger partial charge in [-0.3, -0.25) is 0 Å². The first-order chi connectivity index (χ1) is 8.57. The van der Waals surface area contributed by atoms with E-state index >= 15 is 0 Å². The van der Waals surface area contributed by atoms with Gasteiger partial charge in [0.25, 0.3) is 0 Å². The second-order valence-electron chi connectivity index (χ2n) is 6.37. The van der Waals surface area contributed by atoms with Crippen LogP contribution in [0.1, 0.15) is 27.0 Å². The van der Waals surface area contributed by atoms with E-state index in [4.69, 9.17) is 0 Å². The summed E-state index contributed by atoms with van der Waals surface area (Å²) in [5, 5.41) is 0. The van der Waals surface area contributed by atoms with Crippen LogP contribution < -0.4 is 0 Å². The van der Waals surface area contributed by atoms with Crippen molar-refractivity contribution in [3.63, 3.8) is 0 Å². The van der Waals surface area contributed by atoms with Crippen LogP contribution in [-0.4, -0.2) is 13.3 Å². The zero-order valence-corrected chi connectivity index (χ0v) is 13.5. The second kappa shape index (κ2) is 4.27. The minimum atomic E-state index is -1.79. The quantitative estimate of drug-likeness (QED) is 0.675. The maximum atomic E-state index is 2.53. The molecular formula is C17H20Ge. The zero-order valence-electron chi connectivity index (χ0n) is 11.4. The molecular weight excluding hydrogens is 277 g/mol. The van der Waals surface area contributed by atoms with Gasteiger partial charge in [-0.25, -0.2) is 0 Å². The van der Waals surface area contributed by atoms with Gasteiger partial charge in [0.05, 0.1) is 0 Å². The Morgan fingerprint density at radius 1 is 0.778 bits per heavy atom. The van der Waals surface area contributed by atoms with Crippen molar-refractivity contribution >= 4 is 13.3 Å². The first-order valence-corrected chi connectivity index (χ1v) is 14.2. The van der Waals surface area contributed by atoms with Crippen LogP contribution in [0.5, 0.6) is 0 Å². The number of benzene rings is 2. The molecule has 3 rings (SSSR count). The number of rotatable bonds is 1. The van der Waals surface area contributed by atoms with Crippen LogP contribution in [0.3, 0.4) is 0 Å². The summed E-state index contributed by atoms with van der Waals surface area (Å²) in [5.41, 5.74) is 6.29. The maximum absolute atomic E-state index is 2.53. The van der Waals surface area contributed by atoms with Crippen LogP contribution in [0.15, 0.2) is 48.5 Å². The Kier molecular flexibility index (Phi) is 2.86. The number of hydrogen-bond acceptors (Lipinski definition) is 0. The summed E-state index contributed by atoms with van der Waals surface area (Å²) >= 11 is -1.79. The fraction of sp³-hybridized carbons (Fsp3) is 0.294. The molecule has 0 radical (unpaired) electrons. The molecule has 1 aliphatic rings. The molecule has 18 heavy (non-hydrogen) atoms. The summed E-state index contributed by atoms with van der Waals surface area (Å²) in [6.07, 6.45) is 1.11. The predicted octanol–water partition coefficient (Wildman–Crippen LogP) is 4.60. The average molecular weight is 297 g/mol. The van der Waals surface area contributed by atoms with E-state index in [2.05, 4.69) is 65.8 Å². The molecule has 2 aromatic carbocycles. The standard InChI is InChI=1S/C17H20Ge/c1-18(2,3)17-15-10-6-4-8-13(15)12-14-9-5-7-11-16(14)17/h4-11,17H,12H2,1-3H3. The van der Waals surface area contributed by atoms with Gasteiger partial charge in [0.2, 0.25) is 0 Å². The molecule has 0 spiro atoms. The van der Waals surface area contributed by atoms with E-state index in [-0.39, 0.29) is 0 Å². The molecule has 1 heteroatoms. The molecule has 1 aliphatic carbocycles. The Morgan fingerprint density at radius 2 is 1.22 bits per heavy atom. The third-order valence-electron chi connectivity index (χ3n) is 3.98. The van der Waals surface area contributed by atoms with Crippen molar-refractivity contribution in [3.05, 3.63) is 70.8 Å². The molecule has 0 bridgehead atoms. The van der Waals surface area contributed by atoms with Crippen molar-refractivity contribution in [1.29, 1.82) is 0 Å². The third kappa shape index (κ3) is 1.93. The van der Waals surface area contributed by atoms with Crippen molar-refractivity contribution in [2.45, 2.75) is 28.4 Å². The molecule has 0 fully saturated rings. The van der Waals surface area contributed by atoms with Gasteiger partial charge in [0, 0.05) is 0 Å². The number of hydrogen-bond donors (Lipinski definition) is 0. The van der Waals surface area contributed by atoms with Gasteiger partial charge >= 0.3 is 112 Å². The van der Waals surface area contributed by atoms with Crippen molar-refractivity contribution in [1.82, 2.24) is 0 Å². The molecule has 0 aliphatic heterocycles. The summed E-state index contributed by atoms with van der Waals surface area (Å²) in [6.45, 7) is 0. The van der Waals surface area contributed by atoms with E-state index in [0.717, 1.165) is 6.42 Å². The van der Waals surface area contributed by atoms with Crippen LogP contribution in [0.4, 0.5) is 0 Å². The van der Waals surface area contributed by atoms with Crippen LogP contribution in [0, 0.1) is 0 Å². The molecule has 0 saturated heterocycles. The van der Waals surface area contributed by atoms with Gasteiger partial charge in [-0.1, -0.05) is 0 Å². The molecule has 2 aromatic rings. The topological polar surface area (TPSA) is 0 Å². The Labute approximate surface area is 112 Å². The summed E-state index contributed by atoms with van der Waals surface area (Å²) in [4.78, 5) is 0. The number of fused-ring (bicyclic) bond motifs is 2. The molecule has 0 heterocycles. The van der Waals surface area contributed by atoms with Crippen LogP contribution in [0.25, 0.3) is 0 Å². The Bertz CT molecular complexity index is 533. The Morgan fingerprint density at radius 3 is 1.67 bits per heavy atom. The van der Waals surface area contributed by atoms with Crippen molar-refractivity contribution in [3.8, 4) is 0 Å². The molecule has 0 aromatic heterocycles. The zero-order chi connectivity index (χ0) is 12.8. The average Bonchev–Trinajstić information content (AvgIpc) is 2.34. The first kappa shape index (κ1) is 12.0. The monoisotopic (exact) mass is 298 g/mol.